The fraction of sp³-hybridized carbons (Fsp3) is 0.438. The molecule has 1 aliphatic rings. The molecule has 112 valence electrons. The van der Waals surface area contributed by atoms with Crippen LogP contribution in [0.2, 0.25) is 0 Å². The van der Waals surface area contributed by atoms with Gasteiger partial charge in [0.15, 0.2) is 0 Å². The second kappa shape index (κ2) is 7.48. The first kappa shape index (κ1) is 15.9. The highest BCUT2D eigenvalue weighted by Gasteiger charge is 2.24. The lowest BCUT2D eigenvalue weighted by Crippen LogP contribution is -2.41. The normalized spacial score (nSPS) is 18.0. The van der Waals surface area contributed by atoms with Crippen LogP contribution < -0.4 is 0 Å². The van der Waals surface area contributed by atoms with Gasteiger partial charge in [-0.3, -0.25) is 4.79 Å². The molecule has 2 rings (SSSR count). The van der Waals surface area contributed by atoms with E-state index in [1.807, 2.05) is 11.8 Å². The number of aliphatic hydroxyl groups is 1. The van der Waals surface area contributed by atoms with Crippen LogP contribution in [0.5, 0.6) is 0 Å². The minimum atomic E-state index is -0.439. The highest BCUT2D eigenvalue weighted by Crippen LogP contribution is 2.21. The third-order valence-electron chi connectivity index (χ3n) is 3.20. The Hall–Kier alpha value is -1.51. The third kappa shape index (κ3) is 4.23. The molecule has 1 N–H and O–H groups in total. The van der Waals surface area contributed by atoms with Crippen molar-refractivity contribution in [2.75, 3.05) is 25.4 Å². The zero-order chi connectivity index (χ0) is 15.2. The van der Waals surface area contributed by atoms with E-state index in [1.165, 1.54) is 18.2 Å². The third-order valence-corrected chi connectivity index (χ3v) is 4.34. The van der Waals surface area contributed by atoms with Crippen molar-refractivity contribution >= 4 is 17.7 Å². The predicted octanol–water partition coefficient (Wildman–Crippen LogP) is 2.14. The quantitative estimate of drug-likeness (QED) is 0.851. The second-order valence-corrected chi connectivity index (χ2v) is 6.44. The highest BCUT2D eigenvalue weighted by atomic mass is 32.2. The van der Waals surface area contributed by atoms with Gasteiger partial charge in [0.1, 0.15) is 5.82 Å². The number of carbonyl (C=O) groups excluding carboxylic acids is 1. The van der Waals surface area contributed by atoms with Crippen LogP contribution >= 0.6 is 11.8 Å². The fourth-order valence-electron chi connectivity index (χ4n) is 2.19. The monoisotopic (exact) mass is 307 g/mol. The van der Waals surface area contributed by atoms with E-state index in [4.69, 9.17) is 5.11 Å². The number of carbonyl (C=O) groups is 1. The molecule has 1 heterocycles. The molecule has 0 bridgehead atoms. The first-order valence-electron chi connectivity index (χ1n) is 6.92. The second-order valence-electron chi connectivity index (χ2n) is 4.90. The molecule has 0 saturated carbocycles. The van der Waals surface area contributed by atoms with Gasteiger partial charge in [0.2, 0.25) is 0 Å². The van der Waals surface area contributed by atoms with Gasteiger partial charge >= 0.3 is 0 Å². The molecule has 0 aromatic heterocycles. The van der Waals surface area contributed by atoms with Crippen LogP contribution in [-0.2, 0) is 0 Å². The van der Waals surface area contributed by atoms with E-state index in [9.17, 15) is 9.18 Å². The van der Waals surface area contributed by atoms with Crippen LogP contribution in [0.4, 0.5) is 4.39 Å². The molecular formula is C16H18FNO2S. The van der Waals surface area contributed by atoms with Gasteiger partial charge in [0, 0.05) is 36.1 Å². The Labute approximate surface area is 128 Å². The minimum absolute atomic E-state index is 0.0294. The molecule has 5 heteroatoms. The molecule has 1 saturated heterocycles. The van der Waals surface area contributed by atoms with Crippen molar-refractivity contribution in [3.05, 3.63) is 35.1 Å². The summed E-state index contributed by atoms with van der Waals surface area (Å²) in [6.45, 7) is 3.40. The van der Waals surface area contributed by atoms with E-state index in [2.05, 4.69) is 18.8 Å². The van der Waals surface area contributed by atoms with Gasteiger partial charge in [-0.15, -0.1) is 0 Å². The summed E-state index contributed by atoms with van der Waals surface area (Å²) in [5.41, 5.74) is 0.820. The summed E-state index contributed by atoms with van der Waals surface area (Å²) in [6, 6.07) is 4.07. The van der Waals surface area contributed by atoms with Gasteiger partial charge in [-0.1, -0.05) is 18.8 Å². The fourth-order valence-corrected chi connectivity index (χ4v) is 3.20. The number of aliphatic hydroxyl groups excluding tert-OH is 1. The highest BCUT2D eigenvalue weighted by molar-refractivity contribution is 7.99. The number of halogens is 1. The Morgan fingerprint density at radius 1 is 1.57 bits per heavy atom. The average Bonchev–Trinajstić information content (AvgIpc) is 2.48. The summed E-state index contributed by atoms with van der Waals surface area (Å²) in [7, 11) is 0. The summed E-state index contributed by atoms with van der Waals surface area (Å²) >= 11 is 1.83. The van der Waals surface area contributed by atoms with E-state index < -0.39 is 5.82 Å². The summed E-state index contributed by atoms with van der Waals surface area (Å²) in [5.74, 6) is 5.91. The van der Waals surface area contributed by atoms with E-state index in [-0.39, 0.29) is 12.5 Å². The van der Waals surface area contributed by atoms with Gasteiger partial charge in [-0.25, -0.2) is 4.39 Å². The maximum Gasteiger partial charge on any atom is 0.255 e. The lowest BCUT2D eigenvalue weighted by molar-refractivity contribution is 0.0762. The number of hydrogen-bond donors (Lipinski definition) is 1. The summed E-state index contributed by atoms with van der Waals surface area (Å²) < 4.78 is 13.5. The van der Waals surface area contributed by atoms with Crippen LogP contribution in [0.25, 0.3) is 0 Å². The van der Waals surface area contributed by atoms with Crippen LogP contribution in [0.1, 0.15) is 29.3 Å². The Balaban J connectivity index is 2.26. The van der Waals surface area contributed by atoms with Gasteiger partial charge in [-0.05, 0) is 18.2 Å². The van der Waals surface area contributed by atoms with Crippen molar-refractivity contribution in [2.45, 2.75) is 18.6 Å². The van der Waals surface area contributed by atoms with Crippen molar-refractivity contribution in [3.8, 4) is 11.8 Å². The molecule has 1 unspecified atom stereocenters. The van der Waals surface area contributed by atoms with Crippen molar-refractivity contribution in [1.29, 1.82) is 0 Å². The van der Waals surface area contributed by atoms with E-state index in [0.717, 1.165) is 5.75 Å². The molecule has 1 aliphatic heterocycles. The Morgan fingerprint density at radius 3 is 3.10 bits per heavy atom. The first-order chi connectivity index (χ1) is 10.1. The number of nitrogens with zero attached hydrogens (tertiary/aromatic N) is 1. The van der Waals surface area contributed by atoms with Crippen molar-refractivity contribution < 1.29 is 14.3 Å². The van der Waals surface area contributed by atoms with Crippen LogP contribution in [0.3, 0.4) is 0 Å². The Bertz CT molecular complexity index is 579. The Morgan fingerprint density at radius 2 is 2.38 bits per heavy atom. The zero-order valence-electron chi connectivity index (χ0n) is 11.9. The maximum atomic E-state index is 13.5. The lowest BCUT2D eigenvalue weighted by atomic mass is 10.1. The maximum absolute atomic E-state index is 13.5. The van der Waals surface area contributed by atoms with Gasteiger partial charge in [0.25, 0.3) is 5.91 Å². The number of thioether (sulfide) groups is 1. The van der Waals surface area contributed by atoms with Gasteiger partial charge in [0.05, 0.1) is 12.2 Å². The molecule has 21 heavy (non-hydrogen) atoms. The molecule has 0 spiro atoms. The number of hydrogen-bond acceptors (Lipinski definition) is 3. The number of benzene rings is 1. The van der Waals surface area contributed by atoms with E-state index >= 15 is 0 Å². The summed E-state index contributed by atoms with van der Waals surface area (Å²) in [4.78, 5) is 14.3. The molecule has 0 radical (unpaired) electrons. The molecule has 1 atom stereocenters. The van der Waals surface area contributed by atoms with Crippen molar-refractivity contribution in [3.63, 3.8) is 0 Å². The summed E-state index contributed by atoms with van der Waals surface area (Å²) in [5, 5.41) is 9.15. The largest absolute Gasteiger partial charge is 0.395 e. The Kier molecular flexibility index (Phi) is 5.66. The lowest BCUT2D eigenvalue weighted by Gasteiger charge is -2.30. The molecule has 1 amide bonds. The topological polar surface area (TPSA) is 40.5 Å². The molecule has 0 aliphatic carbocycles. The van der Waals surface area contributed by atoms with Crippen molar-refractivity contribution in [1.82, 2.24) is 4.90 Å². The molecule has 1 fully saturated rings. The minimum Gasteiger partial charge on any atom is -0.395 e. The smallest absolute Gasteiger partial charge is 0.255 e. The average molecular weight is 307 g/mol. The number of rotatable bonds is 2. The van der Waals surface area contributed by atoms with Gasteiger partial charge in [-0.2, -0.15) is 11.8 Å². The molecule has 1 aromatic rings. The standard InChI is InChI=1S/C16H18FNO2S/c1-12-11-18(7-9-21-12)16(20)15-10-14(17)6-5-13(15)4-2-3-8-19/h5-6,10,12,19H,3,7-9,11H2,1H3. The first-order valence-corrected chi connectivity index (χ1v) is 7.97. The van der Waals surface area contributed by atoms with Crippen LogP contribution in [0, 0.1) is 17.7 Å². The van der Waals surface area contributed by atoms with E-state index in [1.54, 1.807) is 4.90 Å². The van der Waals surface area contributed by atoms with E-state index in [0.29, 0.717) is 35.9 Å². The van der Waals surface area contributed by atoms with Crippen LogP contribution in [-0.4, -0.2) is 46.6 Å². The SMILES string of the molecule is CC1CN(C(=O)c2cc(F)ccc2C#CCCO)CCS1. The zero-order valence-corrected chi connectivity index (χ0v) is 12.8. The molecule has 1 aromatic carbocycles. The summed E-state index contributed by atoms with van der Waals surface area (Å²) in [6.07, 6.45) is 0.336. The molecule has 3 nitrogen and oxygen atoms in total. The van der Waals surface area contributed by atoms with Crippen LogP contribution in [0.15, 0.2) is 18.2 Å². The number of amides is 1. The predicted molar refractivity (Wildman–Crippen MR) is 82.8 cm³/mol. The van der Waals surface area contributed by atoms with Crippen molar-refractivity contribution in [2.24, 2.45) is 0 Å². The van der Waals surface area contributed by atoms with Gasteiger partial charge < -0.3 is 10.0 Å². The molecular weight excluding hydrogens is 289 g/mol.